The Morgan fingerprint density at radius 1 is 0.561 bits per heavy atom. The molecule has 41 heavy (non-hydrogen) atoms. The minimum absolute atomic E-state index is 0.603. The monoisotopic (exact) mass is 593 g/mol. The Morgan fingerprint density at radius 2 is 0.976 bits per heavy atom. The number of carbonyl (C=O) groups is 1. The molecule has 0 saturated heterocycles. The van der Waals surface area contributed by atoms with Gasteiger partial charge in [-0.1, -0.05) is 101 Å². The van der Waals surface area contributed by atoms with Gasteiger partial charge in [-0.2, -0.15) is 15.8 Å². The highest BCUT2D eigenvalue weighted by atomic mass is 79.9. The number of carbonyl (C=O) groups excluding carboxylic acids is 1. The number of aryl methyl sites for hydroxylation is 1. The summed E-state index contributed by atoms with van der Waals surface area (Å²) in [6.07, 6.45) is 0.809. The first-order valence-corrected chi connectivity index (χ1v) is 13.9. The molecule has 0 radical (unpaired) electrons. The predicted molar refractivity (Wildman–Crippen MR) is 169 cm³/mol. The number of aldehydes is 1. The van der Waals surface area contributed by atoms with E-state index in [1.807, 2.05) is 97.1 Å². The summed E-state index contributed by atoms with van der Waals surface area (Å²) in [5, 5.41) is 33.6. The van der Waals surface area contributed by atoms with E-state index >= 15 is 0 Å². The second-order valence-corrected chi connectivity index (χ2v) is 9.69. The zero-order chi connectivity index (χ0) is 29.2. The Labute approximate surface area is 247 Å². The molecule has 0 aliphatic carbocycles. The Morgan fingerprint density at radius 3 is 1.49 bits per heavy atom. The number of hydrogen-bond donors (Lipinski definition) is 0. The van der Waals surface area contributed by atoms with Crippen LogP contribution in [0.25, 0.3) is 32.3 Å². The number of alkyl halides is 1. The quantitative estimate of drug-likeness (QED) is 0.148. The van der Waals surface area contributed by atoms with Gasteiger partial charge in [0.25, 0.3) is 0 Å². The molecule has 6 rings (SSSR count). The third-order valence-corrected chi connectivity index (χ3v) is 7.35. The van der Waals surface area contributed by atoms with Crippen LogP contribution < -0.4 is 0 Å². The van der Waals surface area contributed by atoms with E-state index in [4.69, 9.17) is 15.8 Å². The highest BCUT2D eigenvalue weighted by Gasteiger charge is 2.04. The van der Waals surface area contributed by atoms with Crippen molar-refractivity contribution in [3.63, 3.8) is 0 Å². The fourth-order valence-electron chi connectivity index (χ4n) is 4.65. The molecular formula is C36H24BrN3O. The molecule has 0 amide bonds. The minimum Gasteiger partial charge on any atom is -0.298 e. The van der Waals surface area contributed by atoms with Crippen LogP contribution in [0, 0.1) is 40.9 Å². The van der Waals surface area contributed by atoms with Crippen molar-refractivity contribution in [1.29, 1.82) is 15.8 Å². The maximum Gasteiger partial charge on any atom is 0.150 e. The molecule has 6 aromatic rings. The zero-order valence-electron chi connectivity index (χ0n) is 22.3. The van der Waals surface area contributed by atoms with Crippen LogP contribution in [0.15, 0.2) is 109 Å². The lowest BCUT2D eigenvalue weighted by Gasteiger charge is -2.04. The van der Waals surface area contributed by atoms with Crippen molar-refractivity contribution < 1.29 is 4.79 Å². The second-order valence-electron chi connectivity index (χ2n) is 9.13. The van der Waals surface area contributed by atoms with Crippen molar-refractivity contribution in [2.75, 3.05) is 0 Å². The Hall–Kier alpha value is -5.28. The van der Waals surface area contributed by atoms with Gasteiger partial charge in [0.1, 0.15) is 0 Å². The summed E-state index contributed by atoms with van der Waals surface area (Å²) < 4.78 is 0. The van der Waals surface area contributed by atoms with E-state index < -0.39 is 0 Å². The second kappa shape index (κ2) is 13.7. The molecule has 0 aromatic heterocycles. The largest absolute Gasteiger partial charge is 0.298 e. The van der Waals surface area contributed by atoms with E-state index in [1.54, 1.807) is 12.1 Å². The summed E-state index contributed by atoms with van der Waals surface area (Å²) in [7, 11) is 0. The summed E-state index contributed by atoms with van der Waals surface area (Å²) in [5.74, 6) is 0. The maximum atomic E-state index is 10.7. The number of nitrogens with zero attached hydrogens (tertiary/aromatic N) is 3. The van der Waals surface area contributed by atoms with Crippen molar-refractivity contribution in [2.45, 2.75) is 12.3 Å². The topological polar surface area (TPSA) is 88.4 Å². The molecule has 0 spiro atoms. The average Bonchev–Trinajstić information content (AvgIpc) is 3.04. The first kappa shape index (κ1) is 28.7. The van der Waals surface area contributed by atoms with Crippen molar-refractivity contribution in [3.05, 3.63) is 143 Å². The summed E-state index contributed by atoms with van der Waals surface area (Å²) in [5.41, 5.74) is 5.16. The van der Waals surface area contributed by atoms with Crippen LogP contribution in [0.4, 0.5) is 0 Å². The number of benzene rings is 6. The van der Waals surface area contributed by atoms with Crippen molar-refractivity contribution in [1.82, 2.24) is 0 Å². The molecule has 0 heterocycles. The van der Waals surface area contributed by atoms with E-state index in [2.05, 4.69) is 41.1 Å². The van der Waals surface area contributed by atoms with Gasteiger partial charge in [0, 0.05) is 16.3 Å². The van der Waals surface area contributed by atoms with Crippen LogP contribution >= 0.6 is 15.9 Å². The van der Waals surface area contributed by atoms with Gasteiger partial charge < -0.3 is 0 Å². The molecule has 0 atom stereocenters. The van der Waals surface area contributed by atoms with E-state index in [0.29, 0.717) is 11.1 Å². The van der Waals surface area contributed by atoms with Crippen LogP contribution in [0.2, 0.25) is 0 Å². The molecule has 5 heteroatoms. The molecule has 0 aliphatic heterocycles. The van der Waals surface area contributed by atoms with Gasteiger partial charge in [0.2, 0.25) is 0 Å². The molecular weight excluding hydrogens is 570 g/mol. The highest BCUT2D eigenvalue weighted by molar-refractivity contribution is 9.08. The zero-order valence-corrected chi connectivity index (χ0v) is 23.9. The van der Waals surface area contributed by atoms with E-state index in [-0.39, 0.29) is 0 Å². The van der Waals surface area contributed by atoms with Crippen LogP contribution in [-0.4, -0.2) is 6.29 Å². The Kier molecular flexibility index (Phi) is 9.58. The minimum atomic E-state index is 0.603. The van der Waals surface area contributed by atoms with Gasteiger partial charge in [0.05, 0.1) is 34.9 Å². The van der Waals surface area contributed by atoms with Crippen molar-refractivity contribution >= 4 is 54.5 Å². The maximum absolute atomic E-state index is 10.7. The SMILES string of the molecule is Cc1ccc(C#N)c2ccccc12.N#Cc1ccc(C=O)c2ccccc12.N#Cc1ccc(CBr)c2ccccc12. The number of nitriles is 3. The van der Waals surface area contributed by atoms with E-state index in [0.717, 1.165) is 49.7 Å². The fraction of sp³-hybridized carbons (Fsp3) is 0.0556. The molecule has 4 nitrogen and oxygen atoms in total. The number of halogens is 1. The molecule has 196 valence electrons. The third kappa shape index (κ3) is 6.32. The van der Waals surface area contributed by atoms with Crippen molar-refractivity contribution in [2.24, 2.45) is 0 Å². The summed E-state index contributed by atoms with van der Waals surface area (Å²) >= 11 is 3.44. The molecule has 0 aliphatic rings. The summed E-state index contributed by atoms with van der Waals surface area (Å²) in [6, 6.07) is 41.0. The predicted octanol–water partition coefficient (Wildman–Crippen LogP) is 9.15. The third-order valence-electron chi connectivity index (χ3n) is 6.75. The lowest BCUT2D eigenvalue weighted by Crippen LogP contribution is -1.86. The van der Waals surface area contributed by atoms with Crippen LogP contribution in [0.5, 0.6) is 0 Å². The van der Waals surface area contributed by atoms with Gasteiger partial charge in [0.15, 0.2) is 6.29 Å². The Balaban J connectivity index is 0.000000142. The molecule has 0 unspecified atom stereocenters. The lowest BCUT2D eigenvalue weighted by atomic mass is 10.0. The normalized spacial score (nSPS) is 9.83. The van der Waals surface area contributed by atoms with E-state index in [1.165, 1.54) is 16.5 Å². The van der Waals surface area contributed by atoms with Gasteiger partial charge in [-0.15, -0.1) is 0 Å². The average molecular weight is 595 g/mol. The lowest BCUT2D eigenvalue weighted by molar-refractivity contribution is 0.112. The first-order chi connectivity index (χ1) is 20.1. The van der Waals surface area contributed by atoms with Gasteiger partial charge in [-0.25, -0.2) is 0 Å². The molecule has 0 fully saturated rings. The molecule has 0 bridgehead atoms. The van der Waals surface area contributed by atoms with E-state index in [9.17, 15) is 4.79 Å². The molecule has 0 N–H and O–H groups in total. The van der Waals surface area contributed by atoms with Gasteiger partial charge >= 0.3 is 0 Å². The van der Waals surface area contributed by atoms with Crippen LogP contribution in [-0.2, 0) is 5.33 Å². The Bertz CT molecular complexity index is 2010. The smallest absolute Gasteiger partial charge is 0.150 e. The van der Waals surface area contributed by atoms with Gasteiger partial charge in [-0.3, -0.25) is 4.79 Å². The molecule has 0 saturated carbocycles. The van der Waals surface area contributed by atoms with Crippen molar-refractivity contribution in [3.8, 4) is 18.2 Å². The summed E-state index contributed by atoms with van der Waals surface area (Å²) in [6.45, 7) is 2.06. The van der Waals surface area contributed by atoms with Crippen LogP contribution in [0.1, 0.15) is 38.2 Å². The standard InChI is InChI=1S/C12H8BrN.C12H7NO.C12H9N/c2*13-7-9-5-6-10(8-14)12-4-2-1-3-11(9)12;1-9-6-7-10(8-13)12-5-3-2-4-11(9)12/h1-6H,7H2;1-6,8H;2-7H,1H3. The highest BCUT2D eigenvalue weighted by Crippen LogP contribution is 2.24. The molecule has 6 aromatic carbocycles. The summed E-state index contributed by atoms with van der Waals surface area (Å²) in [4.78, 5) is 10.7. The first-order valence-electron chi connectivity index (χ1n) is 12.8. The fourth-order valence-corrected chi connectivity index (χ4v) is 5.13. The van der Waals surface area contributed by atoms with Crippen LogP contribution in [0.3, 0.4) is 0 Å². The number of fused-ring (bicyclic) bond motifs is 3. The number of rotatable bonds is 2. The number of hydrogen-bond acceptors (Lipinski definition) is 4. The van der Waals surface area contributed by atoms with Gasteiger partial charge in [-0.05, 0) is 69.2 Å².